The van der Waals surface area contributed by atoms with Gasteiger partial charge in [0.2, 0.25) is 0 Å². The minimum atomic E-state index is -0.359. The first-order chi connectivity index (χ1) is 9.61. The molecule has 1 amide bonds. The van der Waals surface area contributed by atoms with Crippen LogP contribution >= 0.6 is 15.9 Å². The van der Waals surface area contributed by atoms with Crippen molar-refractivity contribution in [2.45, 2.75) is 13.2 Å². The molecule has 5 heteroatoms. The summed E-state index contributed by atoms with van der Waals surface area (Å²) in [5.41, 5.74) is 1.84. The SMILES string of the molecule is O=C(NCc1ccccc1CO)c1ccc(Br)cc1O. The van der Waals surface area contributed by atoms with E-state index in [0.29, 0.717) is 11.0 Å². The molecule has 0 aliphatic heterocycles. The monoisotopic (exact) mass is 335 g/mol. The van der Waals surface area contributed by atoms with Gasteiger partial charge < -0.3 is 15.5 Å². The molecule has 2 aromatic rings. The second-order valence-corrected chi connectivity index (χ2v) is 5.19. The highest BCUT2D eigenvalue weighted by Gasteiger charge is 2.11. The van der Waals surface area contributed by atoms with Crippen LogP contribution in [0.25, 0.3) is 0 Å². The van der Waals surface area contributed by atoms with E-state index in [2.05, 4.69) is 21.2 Å². The summed E-state index contributed by atoms with van der Waals surface area (Å²) >= 11 is 3.22. The summed E-state index contributed by atoms with van der Waals surface area (Å²) in [5, 5.41) is 21.7. The van der Waals surface area contributed by atoms with Crippen LogP contribution in [-0.4, -0.2) is 16.1 Å². The first-order valence-corrected chi connectivity index (χ1v) is 6.85. The van der Waals surface area contributed by atoms with Gasteiger partial charge in [-0.3, -0.25) is 4.79 Å². The van der Waals surface area contributed by atoms with Gasteiger partial charge in [-0.15, -0.1) is 0 Å². The lowest BCUT2D eigenvalue weighted by atomic mass is 10.1. The van der Waals surface area contributed by atoms with Crippen LogP contribution in [0.5, 0.6) is 5.75 Å². The summed E-state index contributed by atoms with van der Waals surface area (Å²) in [7, 11) is 0. The molecule has 0 unspecified atom stereocenters. The first kappa shape index (κ1) is 14.6. The van der Waals surface area contributed by atoms with Crippen LogP contribution in [0.1, 0.15) is 21.5 Å². The Morgan fingerprint density at radius 3 is 2.50 bits per heavy atom. The molecular weight excluding hydrogens is 322 g/mol. The topological polar surface area (TPSA) is 69.6 Å². The Bertz CT molecular complexity index is 628. The smallest absolute Gasteiger partial charge is 0.255 e. The molecule has 2 rings (SSSR count). The molecular formula is C15H14BrNO3. The van der Waals surface area contributed by atoms with E-state index in [1.807, 2.05) is 18.2 Å². The molecule has 3 N–H and O–H groups in total. The number of aromatic hydroxyl groups is 1. The maximum atomic E-state index is 12.0. The largest absolute Gasteiger partial charge is 0.507 e. The van der Waals surface area contributed by atoms with Crippen LogP contribution in [-0.2, 0) is 13.2 Å². The zero-order chi connectivity index (χ0) is 14.5. The summed E-state index contributed by atoms with van der Waals surface area (Å²) < 4.78 is 0.706. The van der Waals surface area contributed by atoms with Gasteiger partial charge in [-0.25, -0.2) is 0 Å². The van der Waals surface area contributed by atoms with Crippen molar-refractivity contribution < 1.29 is 15.0 Å². The molecule has 0 spiro atoms. The van der Waals surface area contributed by atoms with E-state index >= 15 is 0 Å². The number of hydrogen-bond acceptors (Lipinski definition) is 3. The zero-order valence-corrected chi connectivity index (χ0v) is 12.2. The van der Waals surface area contributed by atoms with Crippen molar-refractivity contribution in [3.63, 3.8) is 0 Å². The molecule has 20 heavy (non-hydrogen) atoms. The third-order valence-electron chi connectivity index (χ3n) is 2.93. The lowest BCUT2D eigenvalue weighted by Gasteiger charge is -2.10. The zero-order valence-electron chi connectivity index (χ0n) is 10.6. The number of carbonyl (C=O) groups excluding carboxylic acids is 1. The maximum Gasteiger partial charge on any atom is 0.255 e. The average Bonchev–Trinajstić information content (AvgIpc) is 2.45. The van der Waals surface area contributed by atoms with Crippen molar-refractivity contribution in [2.24, 2.45) is 0 Å². The Morgan fingerprint density at radius 1 is 1.15 bits per heavy atom. The minimum absolute atomic E-state index is 0.0738. The number of nitrogens with one attached hydrogen (secondary N) is 1. The molecule has 0 atom stereocenters. The predicted molar refractivity (Wildman–Crippen MR) is 79.3 cm³/mol. The summed E-state index contributed by atoms with van der Waals surface area (Å²) in [6.45, 7) is 0.223. The van der Waals surface area contributed by atoms with Gasteiger partial charge in [0, 0.05) is 11.0 Å². The van der Waals surface area contributed by atoms with E-state index in [1.165, 1.54) is 6.07 Å². The van der Waals surface area contributed by atoms with Crippen molar-refractivity contribution in [3.05, 3.63) is 63.6 Å². The van der Waals surface area contributed by atoms with Crippen molar-refractivity contribution in [1.82, 2.24) is 5.32 Å². The van der Waals surface area contributed by atoms with Crippen molar-refractivity contribution in [1.29, 1.82) is 0 Å². The van der Waals surface area contributed by atoms with Crippen molar-refractivity contribution in [3.8, 4) is 5.75 Å². The van der Waals surface area contributed by atoms with E-state index in [1.54, 1.807) is 18.2 Å². The highest BCUT2D eigenvalue weighted by atomic mass is 79.9. The fourth-order valence-corrected chi connectivity index (χ4v) is 2.20. The summed E-state index contributed by atoms with van der Waals surface area (Å²) in [6, 6.07) is 12.0. The van der Waals surface area contributed by atoms with Gasteiger partial charge in [0.25, 0.3) is 5.91 Å². The normalized spacial score (nSPS) is 10.3. The van der Waals surface area contributed by atoms with E-state index in [0.717, 1.165) is 11.1 Å². The number of hydrogen-bond donors (Lipinski definition) is 3. The van der Waals surface area contributed by atoms with Gasteiger partial charge in [-0.05, 0) is 29.3 Å². The number of aliphatic hydroxyl groups is 1. The Kier molecular flexibility index (Phi) is 4.76. The van der Waals surface area contributed by atoms with E-state index in [4.69, 9.17) is 0 Å². The van der Waals surface area contributed by atoms with Gasteiger partial charge in [0.1, 0.15) is 5.75 Å². The second kappa shape index (κ2) is 6.54. The van der Waals surface area contributed by atoms with Gasteiger partial charge >= 0.3 is 0 Å². The van der Waals surface area contributed by atoms with Crippen molar-refractivity contribution in [2.75, 3.05) is 0 Å². The molecule has 0 fully saturated rings. The maximum absolute atomic E-state index is 12.0. The molecule has 0 saturated heterocycles. The summed E-state index contributed by atoms with van der Waals surface area (Å²) in [4.78, 5) is 12.0. The first-order valence-electron chi connectivity index (χ1n) is 6.06. The number of benzene rings is 2. The lowest BCUT2D eigenvalue weighted by Crippen LogP contribution is -2.23. The van der Waals surface area contributed by atoms with E-state index < -0.39 is 0 Å². The predicted octanol–water partition coefficient (Wildman–Crippen LogP) is 2.58. The Labute approximate surface area is 125 Å². The molecule has 0 aliphatic carbocycles. The molecule has 0 radical (unpaired) electrons. The summed E-state index contributed by atoms with van der Waals surface area (Å²) in [6.07, 6.45) is 0. The Balaban J connectivity index is 2.09. The third-order valence-corrected chi connectivity index (χ3v) is 3.43. The van der Waals surface area contributed by atoms with Gasteiger partial charge in [0.05, 0.1) is 12.2 Å². The Morgan fingerprint density at radius 2 is 1.85 bits per heavy atom. The van der Waals surface area contributed by atoms with E-state index in [-0.39, 0.29) is 23.8 Å². The van der Waals surface area contributed by atoms with E-state index in [9.17, 15) is 15.0 Å². The molecule has 4 nitrogen and oxygen atoms in total. The van der Waals surface area contributed by atoms with Crippen LogP contribution in [0.4, 0.5) is 0 Å². The van der Waals surface area contributed by atoms with Crippen LogP contribution < -0.4 is 5.32 Å². The number of phenolic OH excluding ortho intramolecular Hbond substituents is 1. The number of halogens is 1. The van der Waals surface area contributed by atoms with Crippen LogP contribution in [0, 0.1) is 0 Å². The minimum Gasteiger partial charge on any atom is -0.507 e. The third kappa shape index (κ3) is 3.37. The standard InChI is InChI=1S/C15H14BrNO3/c16-12-5-6-13(14(19)7-12)15(20)17-8-10-3-1-2-4-11(10)9-18/h1-7,18-19H,8-9H2,(H,17,20). The van der Waals surface area contributed by atoms with Crippen molar-refractivity contribution >= 4 is 21.8 Å². The second-order valence-electron chi connectivity index (χ2n) is 4.27. The molecule has 0 aromatic heterocycles. The van der Waals surface area contributed by atoms with Crippen LogP contribution in [0.2, 0.25) is 0 Å². The van der Waals surface area contributed by atoms with Gasteiger partial charge in [-0.2, -0.15) is 0 Å². The molecule has 0 heterocycles. The molecule has 0 aliphatic rings. The summed E-state index contributed by atoms with van der Waals surface area (Å²) in [5.74, 6) is -0.435. The molecule has 2 aromatic carbocycles. The number of phenols is 1. The fraction of sp³-hybridized carbons (Fsp3) is 0.133. The van der Waals surface area contributed by atoms with Crippen LogP contribution in [0.3, 0.4) is 0 Å². The molecule has 104 valence electrons. The number of rotatable bonds is 4. The van der Waals surface area contributed by atoms with Gasteiger partial charge in [0.15, 0.2) is 0 Å². The average molecular weight is 336 g/mol. The van der Waals surface area contributed by atoms with Crippen LogP contribution in [0.15, 0.2) is 46.9 Å². The van der Waals surface area contributed by atoms with Gasteiger partial charge in [-0.1, -0.05) is 40.2 Å². The molecule has 0 saturated carbocycles. The number of amides is 1. The quantitative estimate of drug-likeness (QED) is 0.804. The highest BCUT2D eigenvalue weighted by Crippen LogP contribution is 2.22. The molecule has 0 bridgehead atoms. The Hall–Kier alpha value is -1.85. The fourth-order valence-electron chi connectivity index (χ4n) is 1.85. The highest BCUT2D eigenvalue weighted by molar-refractivity contribution is 9.10. The number of aliphatic hydroxyl groups excluding tert-OH is 1. The number of carbonyl (C=O) groups is 1. The lowest BCUT2D eigenvalue weighted by molar-refractivity contribution is 0.0948.